The highest BCUT2D eigenvalue weighted by Crippen LogP contribution is 2.27. The first-order valence-electron chi connectivity index (χ1n) is 13.3. The van der Waals surface area contributed by atoms with Crippen molar-refractivity contribution in [3.63, 3.8) is 0 Å². The van der Waals surface area contributed by atoms with Crippen LogP contribution < -0.4 is 10.2 Å². The first-order valence-corrected chi connectivity index (χ1v) is 13.3. The maximum absolute atomic E-state index is 13.5. The van der Waals surface area contributed by atoms with Gasteiger partial charge in [-0.3, -0.25) is 14.5 Å². The monoisotopic (exact) mass is 540 g/mol. The van der Waals surface area contributed by atoms with Gasteiger partial charge in [-0.25, -0.2) is 9.37 Å². The Bertz CT molecular complexity index is 1430. The number of benzene rings is 1. The molecule has 3 heterocycles. The molecule has 2 amide bonds. The second-order valence-electron chi connectivity index (χ2n) is 10.0. The quantitative estimate of drug-likeness (QED) is 0.336. The molecule has 0 saturated carbocycles. The maximum atomic E-state index is 13.5. The summed E-state index contributed by atoms with van der Waals surface area (Å²) in [5.41, 5.74) is 4.66. The van der Waals surface area contributed by atoms with Crippen LogP contribution >= 0.6 is 0 Å². The lowest BCUT2D eigenvalue weighted by Gasteiger charge is -2.36. The van der Waals surface area contributed by atoms with E-state index in [0.717, 1.165) is 54.6 Å². The topological polar surface area (TPSA) is 92.6 Å². The van der Waals surface area contributed by atoms with Crippen molar-refractivity contribution in [3.8, 4) is 18.4 Å². The molecule has 2 aromatic rings. The number of terminal acetylenes is 1. The second kappa shape index (κ2) is 12.5. The Balaban J connectivity index is 1.42. The molecule has 4 rings (SSSR count). The second-order valence-corrected chi connectivity index (χ2v) is 10.0. The first-order chi connectivity index (χ1) is 19.2. The Hall–Kier alpha value is -4.63. The summed E-state index contributed by atoms with van der Waals surface area (Å²) in [5, 5.41) is 13.1. The highest BCUT2D eigenvalue weighted by Gasteiger charge is 2.30. The van der Waals surface area contributed by atoms with Gasteiger partial charge in [-0.1, -0.05) is 18.1 Å². The number of aromatic nitrogens is 1. The number of hydrogen-bond donors (Lipinski definition) is 1. The van der Waals surface area contributed by atoms with Crippen LogP contribution in [0.3, 0.4) is 0 Å². The van der Waals surface area contributed by atoms with Gasteiger partial charge in [0.2, 0.25) is 5.91 Å². The number of carbonyl (C=O) groups is 2. The minimum atomic E-state index is -0.470. The molecule has 9 heteroatoms. The molecule has 0 bridgehead atoms. The van der Waals surface area contributed by atoms with Crippen LogP contribution in [0.5, 0.6) is 0 Å². The van der Waals surface area contributed by atoms with E-state index in [1.165, 1.54) is 17.0 Å². The number of nitrogens with zero attached hydrogens (tertiary/aromatic N) is 5. The third-order valence-electron chi connectivity index (χ3n) is 7.40. The average molecular weight is 541 g/mol. The van der Waals surface area contributed by atoms with E-state index >= 15 is 0 Å². The first kappa shape index (κ1) is 28.4. The Morgan fingerprint density at radius 2 is 1.90 bits per heavy atom. The van der Waals surface area contributed by atoms with Crippen LogP contribution in [0.4, 0.5) is 15.9 Å². The number of nitriles is 1. The summed E-state index contributed by atoms with van der Waals surface area (Å²) in [7, 11) is 0. The molecule has 2 aliphatic heterocycles. The molecule has 1 aromatic heterocycles. The van der Waals surface area contributed by atoms with E-state index < -0.39 is 5.82 Å². The summed E-state index contributed by atoms with van der Waals surface area (Å²) in [6, 6.07) is 9.02. The SMILES string of the molecule is C#C/C=C(\C(C#N)=C/C)N1CCC(Nc2cc(C(=O)N3CCN(c4ccc(F)cn4)C(=O)C3)c(C)cc2C)CC1. The Kier molecular flexibility index (Phi) is 8.86. The Morgan fingerprint density at radius 3 is 2.50 bits per heavy atom. The van der Waals surface area contributed by atoms with Crippen LogP contribution in [-0.4, -0.2) is 65.4 Å². The van der Waals surface area contributed by atoms with Crippen molar-refractivity contribution in [2.45, 2.75) is 39.7 Å². The van der Waals surface area contributed by atoms with Gasteiger partial charge in [0.15, 0.2) is 0 Å². The predicted octanol–water partition coefficient (Wildman–Crippen LogP) is 4.19. The lowest BCUT2D eigenvalue weighted by atomic mass is 9.99. The number of rotatable bonds is 6. The Morgan fingerprint density at radius 1 is 1.15 bits per heavy atom. The largest absolute Gasteiger partial charge is 0.382 e. The number of anilines is 2. The van der Waals surface area contributed by atoms with E-state index in [4.69, 9.17) is 6.42 Å². The van der Waals surface area contributed by atoms with Gasteiger partial charge in [0.25, 0.3) is 5.91 Å². The maximum Gasteiger partial charge on any atom is 0.254 e. The molecule has 2 saturated heterocycles. The molecule has 1 aromatic carbocycles. The van der Waals surface area contributed by atoms with Crippen molar-refractivity contribution in [1.82, 2.24) is 14.8 Å². The third-order valence-corrected chi connectivity index (χ3v) is 7.40. The predicted molar refractivity (Wildman–Crippen MR) is 153 cm³/mol. The van der Waals surface area contributed by atoms with Crippen molar-refractivity contribution in [3.05, 3.63) is 76.4 Å². The molecule has 0 spiro atoms. The fourth-order valence-electron chi connectivity index (χ4n) is 5.20. The van der Waals surface area contributed by atoms with Gasteiger partial charge in [-0.15, -0.1) is 6.42 Å². The van der Waals surface area contributed by atoms with Crippen LogP contribution in [0.15, 0.2) is 53.9 Å². The summed E-state index contributed by atoms with van der Waals surface area (Å²) < 4.78 is 13.2. The third kappa shape index (κ3) is 6.16. The summed E-state index contributed by atoms with van der Waals surface area (Å²) in [6.45, 7) is 7.79. The molecule has 206 valence electrons. The number of allylic oxidation sites excluding steroid dienone is 3. The zero-order chi connectivity index (χ0) is 28.8. The van der Waals surface area contributed by atoms with Crippen LogP contribution in [0.1, 0.15) is 41.3 Å². The lowest BCUT2D eigenvalue weighted by Crippen LogP contribution is -2.52. The number of halogens is 1. The zero-order valence-corrected chi connectivity index (χ0v) is 23.1. The molecule has 1 N–H and O–H groups in total. The summed E-state index contributed by atoms with van der Waals surface area (Å²) >= 11 is 0. The average Bonchev–Trinajstić information content (AvgIpc) is 2.95. The van der Waals surface area contributed by atoms with Crippen molar-refractivity contribution >= 4 is 23.3 Å². The van der Waals surface area contributed by atoms with Crippen LogP contribution in [-0.2, 0) is 4.79 Å². The van der Waals surface area contributed by atoms with E-state index in [9.17, 15) is 19.2 Å². The van der Waals surface area contributed by atoms with Gasteiger partial charge in [0.1, 0.15) is 24.2 Å². The number of amides is 2. The molecule has 2 fully saturated rings. The number of likely N-dealkylation sites (tertiary alicyclic amines) is 1. The number of aryl methyl sites for hydroxylation is 2. The van der Waals surface area contributed by atoms with Gasteiger partial charge in [-0.05, 0) is 62.9 Å². The van der Waals surface area contributed by atoms with E-state index in [2.05, 4.69) is 27.2 Å². The van der Waals surface area contributed by atoms with Gasteiger partial charge in [-0.2, -0.15) is 5.26 Å². The number of piperidine rings is 1. The number of pyridine rings is 1. The molecule has 2 aliphatic rings. The van der Waals surface area contributed by atoms with Crippen molar-refractivity contribution in [2.24, 2.45) is 0 Å². The number of hydrogen-bond acceptors (Lipinski definition) is 6. The molecule has 0 atom stereocenters. The molecule has 40 heavy (non-hydrogen) atoms. The number of nitrogens with one attached hydrogen (secondary N) is 1. The highest BCUT2D eigenvalue weighted by atomic mass is 19.1. The van der Waals surface area contributed by atoms with E-state index in [1.807, 2.05) is 32.9 Å². The van der Waals surface area contributed by atoms with E-state index in [0.29, 0.717) is 23.5 Å². The van der Waals surface area contributed by atoms with Crippen LogP contribution in [0.2, 0.25) is 0 Å². The van der Waals surface area contributed by atoms with Gasteiger partial charge in [0.05, 0.1) is 17.5 Å². The summed E-state index contributed by atoms with van der Waals surface area (Å²) in [6.07, 6.45) is 11.7. The Labute approximate surface area is 234 Å². The smallest absolute Gasteiger partial charge is 0.254 e. The van der Waals surface area contributed by atoms with E-state index in [-0.39, 0.29) is 30.9 Å². The normalized spacial score (nSPS) is 16.9. The van der Waals surface area contributed by atoms with Gasteiger partial charge >= 0.3 is 0 Å². The number of carbonyl (C=O) groups excluding carboxylic acids is 2. The van der Waals surface area contributed by atoms with E-state index in [1.54, 1.807) is 17.1 Å². The molecule has 0 unspecified atom stereocenters. The summed E-state index contributed by atoms with van der Waals surface area (Å²) in [4.78, 5) is 35.5. The molecular formula is C31H33FN6O2. The van der Waals surface area contributed by atoms with Crippen LogP contribution in [0.25, 0.3) is 0 Å². The summed E-state index contributed by atoms with van der Waals surface area (Å²) in [5.74, 6) is 1.99. The van der Waals surface area contributed by atoms with Crippen LogP contribution in [0, 0.1) is 43.3 Å². The molecule has 0 aliphatic carbocycles. The fraction of sp³-hybridized carbons (Fsp3) is 0.355. The molecular weight excluding hydrogens is 507 g/mol. The minimum Gasteiger partial charge on any atom is -0.382 e. The van der Waals surface area contributed by atoms with Crippen molar-refractivity contribution in [2.75, 3.05) is 42.9 Å². The lowest BCUT2D eigenvalue weighted by molar-refractivity contribution is -0.120. The van der Waals surface area contributed by atoms with Crippen molar-refractivity contribution < 1.29 is 14.0 Å². The van der Waals surface area contributed by atoms with Gasteiger partial charge < -0.3 is 15.1 Å². The minimum absolute atomic E-state index is 0.0726. The fourth-order valence-corrected chi connectivity index (χ4v) is 5.20. The standard InChI is InChI=1S/C31H33FN6O2/c1-5-7-28(23(6-2)18-33)36-12-10-25(11-13-36)35-27-17-26(21(3)16-22(27)4)31(40)37-14-15-38(30(39)20-37)29-9-8-24(32)19-34-29/h1,6-9,16-17,19,25,35H,10-15,20H2,2-4H3/b23-6-,28-7+. The zero-order valence-electron chi connectivity index (χ0n) is 23.1. The van der Waals surface area contributed by atoms with Crippen molar-refractivity contribution in [1.29, 1.82) is 5.26 Å². The molecule has 0 radical (unpaired) electrons. The number of piperazine rings is 1. The van der Waals surface area contributed by atoms with Gasteiger partial charge in [0, 0.05) is 49.5 Å². The molecule has 8 nitrogen and oxygen atoms in total. The highest BCUT2D eigenvalue weighted by molar-refractivity contribution is 6.02.